The highest BCUT2D eigenvalue weighted by atomic mass is 19.1. The molecule has 0 spiro atoms. The van der Waals surface area contributed by atoms with Crippen molar-refractivity contribution in [1.82, 2.24) is 9.88 Å². The number of carbonyl (C=O) groups is 1. The van der Waals surface area contributed by atoms with Crippen LogP contribution in [0, 0.1) is 5.82 Å². The van der Waals surface area contributed by atoms with Crippen molar-refractivity contribution in [3.8, 4) is 5.75 Å². The van der Waals surface area contributed by atoms with Crippen LogP contribution in [0.5, 0.6) is 5.75 Å². The number of carbonyl (C=O) groups excluding carboxylic acids is 1. The van der Waals surface area contributed by atoms with Gasteiger partial charge >= 0.3 is 0 Å². The summed E-state index contributed by atoms with van der Waals surface area (Å²) in [5, 5.41) is 0. The third-order valence-electron chi connectivity index (χ3n) is 6.18. The van der Waals surface area contributed by atoms with Crippen LogP contribution in [0.15, 0.2) is 66.7 Å². The van der Waals surface area contributed by atoms with Gasteiger partial charge in [0.2, 0.25) is 5.91 Å². The summed E-state index contributed by atoms with van der Waals surface area (Å²) in [5.41, 5.74) is 4.28. The maximum Gasteiger partial charge on any atom is 0.222 e. The van der Waals surface area contributed by atoms with E-state index in [-0.39, 0.29) is 11.7 Å². The van der Waals surface area contributed by atoms with Crippen molar-refractivity contribution < 1.29 is 13.9 Å². The molecule has 166 valence electrons. The van der Waals surface area contributed by atoms with E-state index >= 15 is 0 Å². The van der Waals surface area contributed by atoms with Crippen LogP contribution in [0.25, 0.3) is 0 Å². The molecule has 1 aliphatic rings. The van der Waals surface area contributed by atoms with E-state index in [1.54, 1.807) is 19.2 Å². The van der Waals surface area contributed by atoms with Gasteiger partial charge in [0, 0.05) is 43.2 Å². The molecule has 0 atom stereocenters. The highest BCUT2D eigenvalue weighted by molar-refractivity contribution is 5.76. The molecule has 3 aromatic rings. The first kappa shape index (κ1) is 22.0. The van der Waals surface area contributed by atoms with Crippen LogP contribution < -0.4 is 4.74 Å². The summed E-state index contributed by atoms with van der Waals surface area (Å²) < 4.78 is 18.3. The molecule has 0 unspecified atom stereocenters. The molecule has 1 aromatic heterocycles. The lowest BCUT2D eigenvalue weighted by Gasteiger charge is -2.32. The number of amides is 1. The van der Waals surface area contributed by atoms with Gasteiger partial charge in [-0.1, -0.05) is 30.3 Å². The van der Waals surface area contributed by atoms with E-state index in [0.717, 1.165) is 60.6 Å². The Kier molecular flexibility index (Phi) is 7.15. The molecular weight excluding hydrogens is 403 g/mol. The van der Waals surface area contributed by atoms with Crippen LogP contribution in [0.1, 0.15) is 47.7 Å². The summed E-state index contributed by atoms with van der Waals surface area (Å²) in [6.45, 7) is 1.55. The highest BCUT2D eigenvalue weighted by Crippen LogP contribution is 2.27. The average Bonchev–Trinajstić information content (AvgIpc) is 2.84. The lowest BCUT2D eigenvalue weighted by Crippen LogP contribution is -2.38. The van der Waals surface area contributed by atoms with Crippen molar-refractivity contribution in [2.45, 2.75) is 38.0 Å². The van der Waals surface area contributed by atoms with E-state index < -0.39 is 0 Å². The molecule has 0 aliphatic carbocycles. The number of pyridine rings is 1. The largest absolute Gasteiger partial charge is 0.497 e. The van der Waals surface area contributed by atoms with Gasteiger partial charge in [0.05, 0.1) is 7.11 Å². The fourth-order valence-electron chi connectivity index (χ4n) is 4.26. The minimum atomic E-state index is -0.222. The second-order valence-electron chi connectivity index (χ2n) is 8.36. The zero-order chi connectivity index (χ0) is 22.3. The number of likely N-dealkylation sites (tertiary alicyclic amines) is 1. The zero-order valence-electron chi connectivity index (χ0n) is 18.5. The van der Waals surface area contributed by atoms with Crippen molar-refractivity contribution in [1.29, 1.82) is 0 Å². The summed E-state index contributed by atoms with van der Waals surface area (Å²) in [4.78, 5) is 19.5. The number of nitrogens with zero attached hydrogens (tertiary/aromatic N) is 2. The molecule has 1 aliphatic heterocycles. The van der Waals surface area contributed by atoms with E-state index in [9.17, 15) is 9.18 Å². The summed E-state index contributed by atoms with van der Waals surface area (Å²) in [6.07, 6.45) is 3.83. The molecular formula is C27H29FN2O2. The third kappa shape index (κ3) is 5.72. The maximum atomic E-state index is 13.1. The van der Waals surface area contributed by atoms with Crippen molar-refractivity contribution in [3.63, 3.8) is 0 Å². The summed E-state index contributed by atoms with van der Waals surface area (Å²) in [6, 6.07) is 20.6. The summed E-state index contributed by atoms with van der Waals surface area (Å²) in [5.74, 6) is 1.20. The van der Waals surface area contributed by atoms with E-state index in [4.69, 9.17) is 9.72 Å². The van der Waals surface area contributed by atoms with Gasteiger partial charge in [-0.05, 0) is 66.8 Å². The average molecular weight is 433 g/mol. The van der Waals surface area contributed by atoms with E-state index in [1.165, 1.54) is 12.1 Å². The first-order valence-electron chi connectivity index (χ1n) is 11.2. The van der Waals surface area contributed by atoms with Crippen LogP contribution in [0.2, 0.25) is 0 Å². The van der Waals surface area contributed by atoms with E-state index in [1.807, 2.05) is 41.3 Å². The summed E-state index contributed by atoms with van der Waals surface area (Å²) in [7, 11) is 1.65. The number of hydrogen-bond donors (Lipinski definition) is 0. The lowest BCUT2D eigenvalue weighted by molar-refractivity contribution is -0.132. The van der Waals surface area contributed by atoms with Crippen LogP contribution in [-0.2, 0) is 17.6 Å². The molecule has 1 fully saturated rings. The quantitative estimate of drug-likeness (QED) is 0.518. The molecule has 2 heterocycles. The maximum absolute atomic E-state index is 13.1. The number of hydrogen-bond acceptors (Lipinski definition) is 3. The molecule has 0 bridgehead atoms. The van der Waals surface area contributed by atoms with E-state index in [2.05, 4.69) is 6.07 Å². The van der Waals surface area contributed by atoms with Gasteiger partial charge in [0.25, 0.3) is 0 Å². The van der Waals surface area contributed by atoms with Crippen LogP contribution in [0.4, 0.5) is 4.39 Å². The Hall–Kier alpha value is -3.21. The van der Waals surface area contributed by atoms with Crippen LogP contribution >= 0.6 is 0 Å². The molecule has 1 saturated heterocycles. The van der Waals surface area contributed by atoms with Gasteiger partial charge in [0.1, 0.15) is 11.6 Å². The Morgan fingerprint density at radius 2 is 1.69 bits per heavy atom. The number of benzene rings is 2. The van der Waals surface area contributed by atoms with Gasteiger partial charge in [-0.2, -0.15) is 0 Å². The number of piperidine rings is 1. The van der Waals surface area contributed by atoms with Gasteiger partial charge in [-0.15, -0.1) is 0 Å². The molecule has 1 amide bonds. The number of aromatic nitrogens is 1. The predicted molar refractivity (Wildman–Crippen MR) is 123 cm³/mol. The normalized spacial score (nSPS) is 14.4. The van der Waals surface area contributed by atoms with Gasteiger partial charge in [-0.3, -0.25) is 9.78 Å². The Balaban J connectivity index is 1.28. The molecule has 0 saturated carbocycles. The predicted octanol–water partition coefficient (Wildman–Crippen LogP) is 5.16. The van der Waals surface area contributed by atoms with Gasteiger partial charge in [0.15, 0.2) is 0 Å². The monoisotopic (exact) mass is 432 g/mol. The van der Waals surface area contributed by atoms with Crippen molar-refractivity contribution in [3.05, 3.63) is 95.1 Å². The van der Waals surface area contributed by atoms with Crippen LogP contribution in [-0.4, -0.2) is 36.0 Å². The Labute approximate surface area is 189 Å². The first-order chi connectivity index (χ1) is 15.6. The number of ether oxygens (including phenoxy) is 1. The number of halogens is 1. The molecule has 0 N–H and O–H groups in total. The third-order valence-corrected chi connectivity index (χ3v) is 6.18. The zero-order valence-corrected chi connectivity index (χ0v) is 18.5. The molecule has 32 heavy (non-hydrogen) atoms. The second kappa shape index (κ2) is 10.4. The van der Waals surface area contributed by atoms with Gasteiger partial charge in [-0.25, -0.2) is 4.39 Å². The Morgan fingerprint density at radius 3 is 2.38 bits per heavy atom. The number of methoxy groups -OCH3 is 1. The Bertz CT molecular complexity index is 1030. The number of aryl methyl sites for hydroxylation is 1. The van der Waals surface area contributed by atoms with Crippen LogP contribution in [0.3, 0.4) is 0 Å². The van der Waals surface area contributed by atoms with Gasteiger partial charge < -0.3 is 9.64 Å². The Morgan fingerprint density at radius 1 is 1.00 bits per heavy atom. The SMILES string of the molecule is COc1ccc(CCC(=O)N2CCC(c3cccc(Cc4ccc(F)cc4)n3)CC2)cc1. The molecule has 4 nitrogen and oxygen atoms in total. The molecule has 5 heteroatoms. The fourth-order valence-corrected chi connectivity index (χ4v) is 4.26. The lowest BCUT2D eigenvalue weighted by atomic mass is 9.92. The first-order valence-corrected chi connectivity index (χ1v) is 11.2. The van der Waals surface area contributed by atoms with E-state index in [0.29, 0.717) is 18.8 Å². The summed E-state index contributed by atoms with van der Waals surface area (Å²) >= 11 is 0. The topological polar surface area (TPSA) is 42.4 Å². The standard InChI is InChI=1S/C27H29FN2O2/c1-32-25-12-7-20(8-13-25)9-14-27(31)30-17-15-22(16-18-30)26-4-2-3-24(29-26)19-21-5-10-23(28)11-6-21/h2-8,10-13,22H,9,14-19H2,1H3. The second-order valence-corrected chi connectivity index (χ2v) is 8.36. The highest BCUT2D eigenvalue weighted by Gasteiger charge is 2.24. The van der Waals surface area contributed by atoms with Crippen molar-refractivity contribution in [2.24, 2.45) is 0 Å². The molecule has 0 radical (unpaired) electrons. The number of rotatable bonds is 7. The fraction of sp³-hybridized carbons (Fsp3) is 0.333. The molecule has 4 rings (SSSR count). The minimum Gasteiger partial charge on any atom is -0.497 e. The van der Waals surface area contributed by atoms with Crippen molar-refractivity contribution >= 4 is 5.91 Å². The molecule has 2 aromatic carbocycles. The minimum absolute atomic E-state index is 0.220. The smallest absolute Gasteiger partial charge is 0.222 e. The van der Waals surface area contributed by atoms with Crippen molar-refractivity contribution in [2.75, 3.05) is 20.2 Å².